The predicted molar refractivity (Wildman–Crippen MR) is 243 cm³/mol. The highest BCUT2D eigenvalue weighted by atomic mass is 16.3. The molecule has 0 radical (unpaired) electrons. The van der Waals surface area contributed by atoms with Gasteiger partial charge in [-0.25, -0.2) is 0 Å². The van der Waals surface area contributed by atoms with E-state index in [1.54, 1.807) is 0 Å². The average Bonchev–Trinajstić information content (AvgIpc) is 3.67. The summed E-state index contributed by atoms with van der Waals surface area (Å²) in [5.74, 6) is 0. The lowest BCUT2D eigenvalue weighted by Gasteiger charge is -2.31. The number of fused-ring (bicyclic) bond motifs is 3. The van der Waals surface area contributed by atoms with E-state index >= 15 is 0 Å². The van der Waals surface area contributed by atoms with Crippen LogP contribution in [0.3, 0.4) is 0 Å². The highest BCUT2D eigenvalue weighted by Gasteiger charge is 2.20. The van der Waals surface area contributed by atoms with Crippen molar-refractivity contribution in [3.8, 4) is 11.1 Å². The van der Waals surface area contributed by atoms with Gasteiger partial charge in [-0.15, -0.1) is 0 Å². The van der Waals surface area contributed by atoms with Crippen LogP contribution in [0, 0.1) is 0 Å². The molecule has 0 amide bonds. The number of rotatable bonds is 10. The lowest BCUT2D eigenvalue weighted by atomic mass is 10.0. The zero-order valence-electron chi connectivity index (χ0n) is 31.8. The van der Waals surface area contributed by atoms with E-state index in [-0.39, 0.29) is 0 Å². The van der Waals surface area contributed by atoms with Crippen LogP contribution in [-0.4, -0.2) is 0 Å². The molecule has 10 rings (SSSR count). The Morgan fingerprint density at radius 3 is 1.03 bits per heavy atom. The van der Waals surface area contributed by atoms with Gasteiger partial charge in [-0.1, -0.05) is 121 Å². The van der Waals surface area contributed by atoms with Crippen LogP contribution in [0.2, 0.25) is 0 Å². The molecule has 0 aliphatic heterocycles. The summed E-state index contributed by atoms with van der Waals surface area (Å²) in [5.41, 5.74) is 13.7. The van der Waals surface area contributed by atoms with Gasteiger partial charge in [0.2, 0.25) is 0 Å². The Balaban J connectivity index is 1.11. The maximum atomic E-state index is 6.14. The Kier molecular flexibility index (Phi) is 9.18. The van der Waals surface area contributed by atoms with Crippen molar-refractivity contribution in [1.29, 1.82) is 0 Å². The molecule has 276 valence electrons. The number of para-hydroxylation sites is 5. The smallest absolute Gasteiger partial charge is 0.135 e. The molecule has 0 atom stereocenters. The first kappa shape index (κ1) is 34.7. The second-order valence-corrected chi connectivity index (χ2v) is 14.2. The first-order chi connectivity index (χ1) is 28.8. The van der Waals surface area contributed by atoms with Crippen molar-refractivity contribution in [2.45, 2.75) is 0 Å². The van der Waals surface area contributed by atoms with Crippen LogP contribution >= 0.6 is 0 Å². The van der Waals surface area contributed by atoms with Crippen LogP contribution in [-0.2, 0) is 0 Å². The van der Waals surface area contributed by atoms with Gasteiger partial charge in [0.05, 0.1) is 0 Å². The summed E-state index contributed by atoms with van der Waals surface area (Å²) >= 11 is 0. The minimum Gasteiger partial charge on any atom is -0.456 e. The molecule has 10 aromatic rings. The summed E-state index contributed by atoms with van der Waals surface area (Å²) in [4.78, 5) is 6.97. The molecule has 0 bridgehead atoms. The second-order valence-electron chi connectivity index (χ2n) is 14.2. The van der Waals surface area contributed by atoms with E-state index in [4.69, 9.17) is 4.42 Å². The molecule has 4 heteroatoms. The van der Waals surface area contributed by atoms with E-state index in [0.29, 0.717) is 0 Å². The molecule has 0 unspecified atom stereocenters. The number of nitrogens with zero attached hydrogens (tertiary/aromatic N) is 3. The van der Waals surface area contributed by atoms with Crippen molar-refractivity contribution in [2.24, 2.45) is 0 Å². The summed E-state index contributed by atoms with van der Waals surface area (Å²) in [5, 5.41) is 2.25. The molecule has 0 aliphatic carbocycles. The number of hydrogen-bond acceptors (Lipinski definition) is 4. The highest BCUT2D eigenvalue weighted by Crippen LogP contribution is 2.43. The third-order valence-electron chi connectivity index (χ3n) is 10.6. The van der Waals surface area contributed by atoms with Crippen LogP contribution in [0.1, 0.15) is 0 Å². The van der Waals surface area contributed by atoms with Gasteiger partial charge in [0.1, 0.15) is 11.2 Å². The Morgan fingerprint density at radius 1 is 0.224 bits per heavy atom. The summed E-state index contributed by atoms with van der Waals surface area (Å²) in [6, 6.07) is 83.5. The van der Waals surface area contributed by atoms with Crippen LogP contribution in [0.15, 0.2) is 241 Å². The molecule has 4 nitrogen and oxygen atoms in total. The van der Waals surface area contributed by atoms with E-state index in [9.17, 15) is 0 Å². The summed E-state index contributed by atoms with van der Waals surface area (Å²) < 4.78 is 6.14. The van der Waals surface area contributed by atoms with Crippen LogP contribution in [0.5, 0.6) is 0 Å². The fourth-order valence-corrected chi connectivity index (χ4v) is 7.90. The fraction of sp³-hybridized carbons (Fsp3) is 0. The first-order valence-corrected chi connectivity index (χ1v) is 19.6. The molecule has 0 aliphatic rings. The van der Waals surface area contributed by atoms with Crippen LogP contribution in [0.25, 0.3) is 33.1 Å². The molecule has 0 N–H and O–H groups in total. The van der Waals surface area contributed by atoms with Crippen molar-refractivity contribution in [3.05, 3.63) is 237 Å². The van der Waals surface area contributed by atoms with E-state index in [0.717, 1.165) is 84.3 Å². The van der Waals surface area contributed by atoms with Gasteiger partial charge in [0.25, 0.3) is 0 Å². The van der Waals surface area contributed by atoms with Crippen LogP contribution in [0.4, 0.5) is 51.2 Å². The van der Waals surface area contributed by atoms with E-state index in [1.165, 1.54) is 0 Å². The highest BCUT2D eigenvalue weighted by molar-refractivity contribution is 6.06. The van der Waals surface area contributed by atoms with Crippen molar-refractivity contribution >= 4 is 73.1 Å². The summed E-state index contributed by atoms with van der Waals surface area (Å²) in [6.07, 6.45) is 0. The molecule has 9 aromatic carbocycles. The van der Waals surface area contributed by atoms with Gasteiger partial charge in [-0.05, 0) is 126 Å². The normalized spacial score (nSPS) is 11.1. The Bertz CT molecular complexity index is 2740. The second kappa shape index (κ2) is 15.4. The van der Waals surface area contributed by atoms with Crippen molar-refractivity contribution < 1.29 is 4.42 Å². The maximum Gasteiger partial charge on any atom is 0.135 e. The fourth-order valence-electron chi connectivity index (χ4n) is 7.90. The van der Waals surface area contributed by atoms with E-state index in [1.807, 2.05) is 12.1 Å². The predicted octanol–water partition coefficient (Wildman–Crippen LogP) is 15.7. The van der Waals surface area contributed by atoms with Crippen LogP contribution < -0.4 is 14.7 Å². The van der Waals surface area contributed by atoms with Gasteiger partial charge >= 0.3 is 0 Å². The molecule has 1 heterocycles. The molecule has 0 fully saturated rings. The van der Waals surface area contributed by atoms with Crippen molar-refractivity contribution in [2.75, 3.05) is 14.7 Å². The number of hydrogen-bond donors (Lipinski definition) is 0. The minimum absolute atomic E-state index is 0.896. The number of anilines is 9. The lowest BCUT2D eigenvalue weighted by Crippen LogP contribution is -2.14. The van der Waals surface area contributed by atoms with E-state index in [2.05, 4.69) is 239 Å². The first-order valence-electron chi connectivity index (χ1n) is 19.6. The summed E-state index contributed by atoms with van der Waals surface area (Å²) in [6.45, 7) is 0. The quantitative estimate of drug-likeness (QED) is 0.139. The van der Waals surface area contributed by atoms with Gasteiger partial charge in [0.15, 0.2) is 0 Å². The SMILES string of the molecule is c1ccc(N(c2ccccc2)c2cccc(N(c3ccc(-c4ccc5oc6ccccc6c5c4)cc3)c3cccc(N(c4ccccc4)c4ccccc4)c3)c2)cc1. The average molecular weight is 746 g/mol. The minimum atomic E-state index is 0.896. The number of furan rings is 1. The van der Waals surface area contributed by atoms with Gasteiger partial charge in [-0.3, -0.25) is 0 Å². The molecular formula is C54H39N3O. The molecule has 1 aromatic heterocycles. The zero-order valence-corrected chi connectivity index (χ0v) is 31.8. The molecular weight excluding hydrogens is 707 g/mol. The Hall–Kier alpha value is -7.82. The summed E-state index contributed by atoms with van der Waals surface area (Å²) in [7, 11) is 0. The molecule has 0 spiro atoms. The largest absolute Gasteiger partial charge is 0.456 e. The third kappa shape index (κ3) is 6.74. The molecule has 0 saturated heterocycles. The Morgan fingerprint density at radius 2 is 0.569 bits per heavy atom. The zero-order chi connectivity index (χ0) is 38.7. The van der Waals surface area contributed by atoms with Gasteiger partial charge in [0, 0.05) is 62.0 Å². The monoisotopic (exact) mass is 745 g/mol. The van der Waals surface area contributed by atoms with Gasteiger partial charge in [-0.2, -0.15) is 0 Å². The lowest BCUT2D eigenvalue weighted by molar-refractivity contribution is 0.669. The standard InChI is InChI=1S/C54H39N3O/c1-5-17-42(18-6-1)55(43-19-7-2-8-20-43)47-25-15-27-49(38-47)57(50-28-16-26-48(39-50)56(44-21-9-3-10-22-44)45-23-11-4-12-24-45)46-34-31-40(32-35-46)41-33-36-54-52(37-41)51-29-13-14-30-53(51)58-54/h1-39H. The molecule has 58 heavy (non-hydrogen) atoms. The third-order valence-corrected chi connectivity index (χ3v) is 10.6. The topological polar surface area (TPSA) is 22.9 Å². The van der Waals surface area contributed by atoms with Gasteiger partial charge < -0.3 is 19.1 Å². The van der Waals surface area contributed by atoms with Crippen molar-refractivity contribution in [1.82, 2.24) is 0 Å². The Labute approximate surface area is 338 Å². The molecule has 0 saturated carbocycles. The van der Waals surface area contributed by atoms with Crippen molar-refractivity contribution in [3.63, 3.8) is 0 Å². The van der Waals surface area contributed by atoms with E-state index < -0.39 is 0 Å². The maximum absolute atomic E-state index is 6.14. The number of benzene rings is 9.